The molecule has 4 nitrogen and oxygen atoms in total. The van der Waals surface area contributed by atoms with Crippen molar-refractivity contribution in [2.45, 2.75) is 6.92 Å². The molecule has 4 heteroatoms. The van der Waals surface area contributed by atoms with Crippen LogP contribution in [0.25, 0.3) is 11.0 Å². The Balaban J connectivity index is 2.01. The zero-order valence-electron chi connectivity index (χ0n) is 11.3. The topological polar surface area (TPSA) is 56.5 Å². The molecule has 0 aliphatic heterocycles. The molecule has 104 valence electrons. The van der Waals surface area contributed by atoms with Crippen LogP contribution in [0.15, 0.2) is 59.2 Å². The van der Waals surface area contributed by atoms with Gasteiger partial charge in [0.1, 0.15) is 11.3 Å². The van der Waals surface area contributed by atoms with E-state index in [0.29, 0.717) is 16.7 Å². The molecule has 3 rings (SSSR count). The van der Waals surface area contributed by atoms with Crippen molar-refractivity contribution >= 4 is 22.7 Å². The van der Waals surface area contributed by atoms with E-state index in [0.717, 1.165) is 5.39 Å². The number of hydrogen-bond acceptors (Lipinski definition) is 4. The van der Waals surface area contributed by atoms with E-state index in [1.165, 1.54) is 13.2 Å². The standard InChI is InChI=1S/C17H12O4/c1-11(18)14-9-13-7-8-20-15(13)10-16(14)21-17(19)12-5-3-2-4-6-12/h2-10H,1H3. The molecule has 0 radical (unpaired) electrons. The van der Waals surface area contributed by atoms with Gasteiger partial charge in [0.05, 0.1) is 17.4 Å². The number of fused-ring (bicyclic) bond motifs is 1. The van der Waals surface area contributed by atoms with E-state index in [4.69, 9.17) is 9.15 Å². The highest BCUT2D eigenvalue weighted by molar-refractivity contribution is 6.02. The van der Waals surface area contributed by atoms with E-state index in [1.54, 1.807) is 42.5 Å². The van der Waals surface area contributed by atoms with Crippen molar-refractivity contribution in [3.8, 4) is 5.75 Å². The Morgan fingerprint density at radius 3 is 2.52 bits per heavy atom. The molecule has 2 aromatic carbocycles. The third-order valence-corrected chi connectivity index (χ3v) is 3.15. The Morgan fingerprint density at radius 2 is 1.81 bits per heavy atom. The van der Waals surface area contributed by atoms with Crippen molar-refractivity contribution in [2.75, 3.05) is 0 Å². The lowest BCUT2D eigenvalue weighted by Gasteiger charge is -2.08. The van der Waals surface area contributed by atoms with Gasteiger partial charge in [-0.05, 0) is 31.2 Å². The first-order valence-electron chi connectivity index (χ1n) is 6.44. The molecule has 3 aromatic rings. The van der Waals surface area contributed by atoms with Gasteiger partial charge in [0.2, 0.25) is 0 Å². The Morgan fingerprint density at radius 1 is 1.05 bits per heavy atom. The summed E-state index contributed by atoms with van der Waals surface area (Å²) >= 11 is 0. The van der Waals surface area contributed by atoms with Crippen LogP contribution >= 0.6 is 0 Å². The van der Waals surface area contributed by atoms with Crippen molar-refractivity contribution < 1.29 is 18.7 Å². The second-order valence-electron chi connectivity index (χ2n) is 4.62. The molecule has 0 aliphatic rings. The molecule has 1 heterocycles. The number of carbonyl (C=O) groups is 2. The van der Waals surface area contributed by atoms with Crippen molar-refractivity contribution in [2.24, 2.45) is 0 Å². The van der Waals surface area contributed by atoms with E-state index in [-0.39, 0.29) is 11.5 Å². The van der Waals surface area contributed by atoms with Crippen molar-refractivity contribution in [1.29, 1.82) is 0 Å². The number of ether oxygens (including phenoxy) is 1. The fraction of sp³-hybridized carbons (Fsp3) is 0.0588. The summed E-state index contributed by atoms with van der Waals surface area (Å²) in [5.41, 5.74) is 1.34. The van der Waals surface area contributed by atoms with Crippen LogP contribution in [0.3, 0.4) is 0 Å². The number of ketones is 1. The molecule has 21 heavy (non-hydrogen) atoms. The minimum absolute atomic E-state index is 0.172. The van der Waals surface area contributed by atoms with E-state index in [2.05, 4.69) is 0 Å². The molecule has 0 amide bonds. The summed E-state index contributed by atoms with van der Waals surface area (Å²) in [6.45, 7) is 1.43. The lowest BCUT2D eigenvalue weighted by Crippen LogP contribution is -2.10. The molecule has 0 bridgehead atoms. The maximum atomic E-state index is 12.1. The monoisotopic (exact) mass is 280 g/mol. The number of carbonyl (C=O) groups excluding carboxylic acids is 2. The van der Waals surface area contributed by atoms with Gasteiger partial charge in [-0.15, -0.1) is 0 Å². The number of Topliss-reactive ketones (excluding diaryl/α,β-unsaturated/α-hetero) is 1. The SMILES string of the molecule is CC(=O)c1cc2ccoc2cc1OC(=O)c1ccccc1. The Labute approximate surface area is 120 Å². The summed E-state index contributed by atoms with van der Waals surface area (Å²) in [4.78, 5) is 23.8. The fourth-order valence-electron chi connectivity index (χ4n) is 2.08. The summed E-state index contributed by atoms with van der Waals surface area (Å²) in [5, 5.41) is 0.791. The predicted octanol–water partition coefficient (Wildman–Crippen LogP) is 3.85. The van der Waals surface area contributed by atoms with Crippen LogP contribution in [0, 0.1) is 0 Å². The minimum atomic E-state index is -0.510. The molecule has 0 fully saturated rings. The second-order valence-corrected chi connectivity index (χ2v) is 4.62. The molecule has 0 N–H and O–H groups in total. The smallest absolute Gasteiger partial charge is 0.343 e. The Bertz CT molecular complexity index is 815. The van der Waals surface area contributed by atoms with Gasteiger partial charge in [-0.1, -0.05) is 18.2 Å². The van der Waals surface area contributed by atoms with E-state index in [9.17, 15) is 9.59 Å². The van der Waals surface area contributed by atoms with Gasteiger partial charge in [0, 0.05) is 11.5 Å². The highest BCUT2D eigenvalue weighted by Gasteiger charge is 2.16. The van der Waals surface area contributed by atoms with Gasteiger partial charge in [0.15, 0.2) is 5.78 Å². The lowest BCUT2D eigenvalue weighted by molar-refractivity contribution is 0.0733. The first-order chi connectivity index (χ1) is 10.1. The molecule has 0 atom stereocenters. The number of esters is 1. The normalized spacial score (nSPS) is 10.5. The van der Waals surface area contributed by atoms with E-state index < -0.39 is 5.97 Å². The van der Waals surface area contributed by atoms with Gasteiger partial charge in [-0.2, -0.15) is 0 Å². The molecule has 0 aliphatic carbocycles. The van der Waals surface area contributed by atoms with Crippen LogP contribution in [0.4, 0.5) is 0 Å². The summed E-state index contributed by atoms with van der Waals surface area (Å²) in [6, 6.07) is 13.6. The lowest BCUT2D eigenvalue weighted by atomic mass is 10.1. The summed E-state index contributed by atoms with van der Waals surface area (Å²) in [6.07, 6.45) is 1.53. The highest BCUT2D eigenvalue weighted by atomic mass is 16.5. The van der Waals surface area contributed by atoms with Crippen LogP contribution in [-0.4, -0.2) is 11.8 Å². The minimum Gasteiger partial charge on any atom is -0.464 e. The van der Waals surface area contributed by atoms with Crippen molar-refractivity contribution in [1.82, 2.24) is 0 Å². The number of rotatable bonds is 3. The Kier molecular flexibility index (Phi) is 3.28. The molecule has 0 unspecified atom stereocenters. The van der Waals surface area contributed by atoms with Crippen molar-refractivity contribution in [3.63, 3.8) is 0 Å². The Hall–Kier alpha value is -2.88. The summed E-state index contributed by atoms with van der Waals surface area (Å²) < 4.78 is 10.6. The summed E-state index contributed by atoms with van der Waals surface area (Å²) in [7, 11) is 0. The van der Waals surface area contributed by atoms with Gasteiger partial charge in [-0.3, -0.25) is 4.79 Å². The van der Waals surface area contributed by atoms with Gasteiger partial charge < -0.3 is 9.15 Å². The first-order valence-corrected chi connectivity index (χ1v) is 6.44. The van der Waals surface area contributed by atoms with Crippen LogP contribution < -0.4 is 4.74 Å². The average molecular weight is 280 g/mol. The van der Waals surface area contributed by atoms with Gasteiger partial charge in [0.25, 0.3) is 0 Å². The maximum Gasteiger partial charge on any atom is 0.343 e. The van der Waals surface area contributed by atoms with Crippen LogP contribution in [0.2, 0.25) is 0 Å². The number of hydrogen-bond donors (Lipinski definition) is 0. The third-order valence-electron chi connectivity index (χ3n) is 3.15. The molecule has 0 spiro atoms. The van der Waals surface area contributed by atoms with Gasteiger partial charge >= 0.3 is 5.97 Å². The second kappa shape index (κ2) is 5.25. The predicted molar refractivity (Wildman–Crippen MR) is 77.6 cm³/mol. The quantitative estimate of drug-likeness (QED) is 0.415. The van der Waals surface area contributed by atoms with Crippen molar-refractivity contribution in [3.05, 3.63) is 65.9 Å². The van der Waals surface area contributed by atoms with Crippen LogP contribution in [0.5, 0.6) is 5.75 Å². The molecule has 0 saturated carbocycles. The molecular weight excluding hydrogens is 268 g/mol. The maximum absolute atomic E-state index is 12.1. The first kappa shape index (κ1) is 13.1. The number of benzene rings is 2. The average Bonchev–Trinajstić information content (AvgIpc) is 2.94. The third kappa shape index (κ3) is 2.56. The van der Waals surface area contributed by atoms with E-state index >= 15 is 0 Å². The fourth-order valence-corrected chi connectivity index (χ4v) is 2.08. The molecule has 1 aromatic heterocycles. The summed E-state index contributed by atoms with van der Waals surface area (Å²) in [5.74, 6) is -0.475. The van der Waals surface area contributed by atoms with Gasteiger partial charge in [-0.25, -0.2) is 4.79 Å². The van der Waals surface area contributed by atoms with E-state index in [1.807, 2.05) is 6.07 Å². The zero-order chi connectivity index (χ0) is 14.8. The van der Waals surface area contributed by atoms with Crippen LogP contribution in [-0.2, 0) is 0 Å². The van der Waals surface area contributed by atoms with Crippen LogP contribution in [0.1, 0.15) is 27.6 Å². The zero-order valence-corrected chi connectivity index (χ0v) is 11.3. The highest BCUT2D eigenvalue weighted by Crippen LogP contribution is 2.28. The molecular formula is C17H12O4. The largest absolute Gasteiger partial charge is 0.464 e. The number of furan rings is 1. The molecule has 0 saturated heterocycles.